The van der Waals surface area contributed by atoms with Crippen LogP contribution in [0.1, 0.15) is 42.2 Å². The molecule has 1 aliphatic rings. The summed E-state index contributed by atoms with van der Waals surface area (Å²) in [6, 6.07) is 0. The summed E-state index contributed by atoms with van der Waals surface area (Å²) in [6.07, 6.45) is 3.36. The molecule has 0 aliphatic carbocycles. The molecule has 2 heterocycles. The van der Waals surface area contributed by atoms with E-state index in [0.717, 1.165) is 18.0 Å². The minimum atomic E-state index is -0.933. The highest BCUT2D eigenvalue weighted by Gasteiger charge is 2.39. The van der Waals surface area contributed by atoms with Crippen LogP contribution in [-0.2, 0) is 6.42 Å². The highest BCUT2D eigenvalue weighted by Crippen LogP contribution is 2.36. The zero-order chi connectivity index (χ0) is 13.2. The van der Waals surface area contributed by atoms with Gasteiger partial charge in [-0.15, -0.1) is 11.3 Å². The van der Waals surface area contributed by atoms with Gasteiger partial charge in [0.2, 0.25) is 0 Å². The second kappa shape index (κ2) is 5.36. The van der Waals surface area contributed by atoms with Gasteiger partial charge in [-0.25, -0.2) is 9.78 Å². The minimum absolute atomic E-state index is 0.176. The van der Waals surface area contributed by atoms with Crippen LogP contribution >= 0.6 is 11.3 Å². The summed E-state index contributed by atoms with van der Waals surface area (Å²) in [6.45, 7) is 7.88. The first-order valence-corrected chi connectivity index (χ1v) is 7.36. The molecule has 0 aromatic carbocycles. The first-order valence-electron chi connectivity index (χ1n) is 6.48. The average Bonchev–Trinajstić information content (AvgIpc) is 2.77. The predicted molar refractivity (Wildman–Crippen MR) is 72.2 cm³/mol. The number of carbonyl (C=O) groups is 1. The summed E-state index contributed by atoms with van der Waals surface area (Å²) >= 11 is 1.45. The fourth-order valence-corrected chi connectivity index (χ4v) is 3.30. The Kier molecular flexibility index (Phi) is 4.02. The van der Waals surface area contributed by atoms with Gasteiger partial charge >= 0.3 is 5.97 Å². The van der Waals surface area contributed by atoms with E-state index in [0.29, 0.717) is 5.41 Å². The molecule has 1 aromatic heterocycles. The number of aromatic nitrogens is 1. The van der Waals surface area contributed by atoms with E-state index < -0.39 is 5.97 Å². The Labute approximate surface area is 112 Å². The molecule has 0 amide bonds. The van der Waals surface area contributed by atoms with Crippen molar-refractivity contribution in [3.63, 3.8) is 0 Å². The first-order chi connectivity index (χ1) is 8.58. The van der Waals surface area contributed by atoms with E-state index in [2.05, 4.69) is 23.7 Å². The van der Waals surface area contributed by atoms with Gasteiger partial charge in [0.05, 0.1) is 5.01 Å². The van der Waals surface area contributed by atoms with E-state index in [1.807, 2.05) is 0 Å². The van der Waals surface area contributed by atoms with E-state index in [1.54, 1.807) is 5.38 Å². The van der Waals surface area contributed by atoms with Crippen molar-refractivity contribution < 1.29 is 9.90 Å². The van der Waals surface area contributed by atoms with Gasteiger partial charge in [0.15, 0.2) is 5.69 Å². The number of thiazole rings is 1. The summed E-state index contributed by atoms with van der Waals surface area (Å²) in [7, 11) is 0. The molecule has 1 aromatic rings. The Balaban J connectivity index is 1.78. The van der Waals surface area contributed by atoms with Crippen LogP contribution in [-0.4, -0.2) is 40.6 Å². The van der Waals surface area contributed by atoms with Crippen molar-refractivity contribution in [3.8, 4) is 0 Å². The molecular weight excluding hydrogens is 248 g/mol. The standard InChI is InChI=1S/C13H20N2O2S/c1-3-13(4-2)8-15(9-13)6-5-11-14-10(7-18-11)12(16)17/h7H,3-6,8-9H2,1-2H3,(H,16,17). The average molecular weight is 268 g/mol. The van der Waals surface area contributed by atoms with Gasteiger partial charge in [0.1, 0.15) is 0 Å². The third-order valence-electron chi connectivity index (χ3n) is 4.03. The predicted octanol–water partition coefficient (Wildman–Crippen LogP) is 2.51. The zero-order valence-corrected chi connectivity index (χ0v) is 11.8. The summed E-state index contributed by atoms with van der Waals surface area (Å²) in [5.74, 6) is -0.933. The van der Waals surface area contributed by atoms with Crippen LogP contribution in [0.25, 0.3) is 0 Å². The highest BCUT2D eigenvalue weighted by atomic mass is 32.1. The Morgan fingerprint density at radius 1 is 1.50 bits per heavy atom. The molecule has 1 saturated heterocycles. The van der Waals surface area contributed by atoms with Gasteiger partial charge in [0.25, 0.3) is 0 Å². The monoisotopic (exact) mass is 268 g/mol. The molecule has 0 radical (unpaired) electrons. The van der Waals surface area contributed by atoms with E-state index in [-0.39, 0.29) is 5.69 Å². The van der Waals surface area contributed by atoms with Gasteiger partial charge < -0.3 is 10.0 Å². The Morgan fingerprint density at radius 3 is 2.67 bits per heavy atom. The molecule has 4 nitrogen and oxygen atoms in total. The maximum Gasteiger partial charge on any atom is 0.355 e. The molecule has 5 heteroatoms. The number of carboxylic acid groups (broad SMARTS) is 1. The number of aromatic carboxylic acids is 1. The van der Waals surface area contributed by atoms with E-state index >= 15 is 0 Å². The molecule has 0 unspecified atom stereocenters. The molecule has 0 saturated carbocycles. The SMILES string of the molecule is CCC1(CC)CN(CCc2nc(C(=O)O)cs2)C1. The summed E-state index contributed by atoms with van der Waals surface area (Å²) in [5.41, 5.74) is 0.713. The zero-order valence-electron chi connectivity index (χ0n) is 11.0. The van der Waals surface area contributed by atoms with Crippen LogP contribution in [0.5, 0.6) is 0 Å². The summed E-state index contributed by atoms with van der Waals surface area (Å²) in [5, 5.41) is 11.3. The second-order valence-corrected chi connectivity index (χ2v) is 6.04. The van der Waals surface area contributed by atoms with Crippen molar-refractivity contribution in [2.75, 3.05) is 19.6 Å². The number of likely N-dealkylation sites (tertiary alicyclic amines) is 1. The smallest absolute Gasteiger partial charge is 0.355 e. The van der Waals surface area contributed by atoms with Gasteiger partial charge in [-0.1, -0.05) is 13.8 Å². The number of hydrogen-bond acceptors (Lipinski definition) is 4. The quantitative estimate of drug-likeness (QED) is 0.861. The number of hydrogen-bond donors (Lipinski definition) is 1. The van der Waals surface area contributed by atoms with Gasteiger partial charge in [0, 0.05) is 31.4 Å². The Morgan fingerprint density at radius 2 is 2.17 bits per heavy atom. The Bertz CT molecular complexity index is 418. The van der Waals surface area contributed by atoms with Crippen LogP contribution in [0.2, 0.25) is 0 Å². The molecular formula is C13H20N2O2S. The molecule has 0 bridgehead atoms. The van der Waals surface area contributed by atoms with Crippen LogP contribution in [0, 0.1) is 5.41 Å². The van der Waals surface area contributed by atoms with Crippen molar-refractivity contribution >= 4 is 17.3 Å². The molecule has 1 aliphatic heterocycles. The van der Waals surface area contributed by atoms with E-state index in [4.69, 9.17) is 5.11 Å². The lowest BCUT2D eigenvalue weighted by molar-refractivity contribution is -0.00478. The van der Waals surface area contributed by atoms with Crippen LogP contribution < -0.4 is 0 Å². The Hall–Kier alpha value is -0.940. The molecule has 2 rings (SSSR count). The van der Waals surface area contributed by atoms with Crippen molar-refractivity contribution in [2.24, 2.45) is 5.41 Å². The maximum atomic E-state index is 10.7. The minimum Gasteiger partial charge on any atom is -0.476 e. The van der Waals surface area contributed by atoms with Crippen molar-refractivity contribution in [3.05, 3.63) is 16.1 Å². The van der Waals surface area contributed by atoms with Crippen molar-refractivity contribution in [2.45, 2.75) is 33.1 Å². The third-order valence-corrected chi connectivity index (χ3v) is 4.94. The topological polar surface area (TPSA) is 53.4 Å². The lowest BCUT2D eigenvalue weighted by Gasteiger charge is -2.50. The lowest BCUT2D eigenvalue weighted by atomic mass is 9.75. The largest absolute Gasteiger partial charge is 0.476 e. The number of carboxylic acids is 1. The normalized spacial score (nSPS) is 18.6. The molecule has 1 N–H and O–H groups in total. The number of rotatable bonds is 6. The summed E-state index contributed by atoms with van der Waals surface area (Å²) in [4.78, 5) is 17.3. The molecule has 18 heavy (non-hydrogen) atoms. The van der Waals surface area contributed by atoms with E-state index in [9.17, 15) is 4.79 Å². The van der Waals surface area contributed by atoms with Crippen LogP contribution in [0.15, 0.2) is 5.38 Å². The van der Waals surface area contributed by atoms with Crippen LogP contribution in [0.4, 0.5) is 0 Å². The van der Waals surface area contributed by atoms with Crippen molar-refractivity contribution in [1.29, 1.82) is 0 Å². The van der Waals surface area contributed by atoms with Gasteiger partial charge in [-0.3, -0.25) is 0 Å². The molecule has 100 valence electrons. The number of nitrogens with zero attached hydrogens (tertiary/aromatic N) is 2. The maximum absolute atomic E-state index is 10.7. The molecule has 0 spiro atoms. The summed E-state index contributed by atoms with van der Waals surface area (Å²) < 4.78 is 0. The third kappa shape index (κ3) is 2.72. The van der Waals surface area contributed by atoms with Gasteiger partial charge in [-0.05, 0) is 18.3 Å². The first kappa shape index (κ1) is 13.5. The fraction of sp³-hybridized carbons (Fsp3) is 0.692. The van der Waals surface area contributed by atoms with Crippen LogP contribution in [0.3, 0.4) is 0 Å². The molecule has 1 fully saturated rings. The van der Waals surface area contributed by atoms with E-state index in [1.165, 1.54) is 37.3 Å². The highest BCUT2D eigenvalue weighted by molar-refractivity contribution is 7.09. The fourth-order valence-electron chi connectivity index (χ4n) is 2.54. The van der Waals surface area contributed by atoms with Crippen molar-refractivity contribution in [1.82, 2.24) is 9.88 Å². The lowest BCUT2D eigenvalue weighted by Crippen LogP contribution is -2.56. The second-order valence-electron chi connectivity index (χ2n) is 5.10. The molecule has 0 atom stereocenters. The van der Waals surface area contributed by atoms with Gasteiger partial charge in [-0.2, -0.15) is 0 Å².